The van der Waals surface area contributed by atoms with Crippen LogP contribution in [0.1, 0.15) is 5.56 Å². The summed E-state index contributed by atoms with van der Waals surface area (Å²) in [4.78, 5) is 15.9. The minimum atomic E-state index is -0.303. The molecule has 0 aliphatic heterocycles. The van der Waals surface area contributed by atoms with Crippen molar-refractivity contribution in [2.75, 3.05) is 14.2 Å². The first kappa shape index (κ1) is 13.1. The summed E-state index contributed by atoms with van der Waals surface area (Å²) in [5.41, 5.74) is 3.18. The first-order chi connectivity index (χ1) is 9.24. The first-order valence-corrected chi connectivity index (χ1v) is 5.82. The fourth-order valence-electron chi connectivity index (χ4n) is 1.85. The van der Waals surface area contributed by atoms with E-state index in [2.05, 4.69) is 10.3 Å². The monoisotopic (exact) mass is 257 g/mol. The van der Waals surface area contributed by atoms with Gasteiger partial charge in [0.15, 0.2) is 0 Å². The van der Waals surface area contributed by atoms with Gasteiger partial charge >= 0.3 is 0 Å². The van der Waals surface area contributed by atoms with Crippen LogP contribution in [-0.4, -0.2) is 20.1 Å². The van der Waals surface area contributed by atoms with Crippen molar-refractivity contribution in [2.45, 2.75) is 0 Å². The van der Waals surface area contributed by atoms with Gasteiger partial charge in [0.25, 0.3) is 5.91 Å². The molecule has 0 aromatic heterocycles. The highest BCUT2D eigenvalue weighted by Gasteiger charge is 2.01. The van der Waals surface area contributed by atoms with E-state index in [1.807, 2.05) is 36.4 Å². The van der Waals surface area contributed by atoms with Crippen molar-refractivity contribution in [2.24, 2.45) is 0 Å². The fraction of sp³-hybridized carbons (Fsp3) is 0.133. The topological polar surface area (TPSA) is 47.6 Å². The highest BCUT2D eigenvalue weighted by molar-refractivity contribution is 5.96. The van der Waals surface area contributed by atoms with Crippen molar-refractivity contribution < 1.29 is 14.4 Å². The lowest BCUT2D eigenvalue weighted by atomic mass is 10.0. The number of hydrogen-bond donors (Lipinski definition) is 1. The lowest BCUT2D eigenvalue weighted by Crippen LogP contribution is -2.18. The summed E-state index contributed by atoms with van der Waals surface area (Å²) in [5.74, 6) is 0.483. The second-order valence-electron chi connectivity index (χ2n) is 3.94. The number of amides is 1. The fourth-order valence-corrected chi connectivity index (χ4v) is 1.85. The minimum absolute atomic E-state index is 0.303. The lowest BCUT2D eigenvalue weighted by Gasteiger charge is -2.05. The Kier molecular flexibility index (Phi) is 4.15. The molecule has 4 heteroatoms. The molecule has 98 valence electrons. The molecular formula is C15H15NO3. The molecule has 4 nitrogen and oxygen atoms in total. The Balaban J connectivity index is 2.39. The van der Waals surface area contributed by atoms with E-state index in [1.165, 1.54) is 13.2 Å². The molecule has 0 aliphatic rings. The van der Waals surface area contributed by atoms with E-state index in [4.69, 9.17) is 4.74 Å². The van der Waals surface area contributed by atoms with Gasteiger partial charge in [0.1, 0.15) is 5.75 Å². The maximum absolute atomic E-state index is 11.3. The van der Waals surface area contributed by atoms with Gasteiger partial charge in [-0.15, -0.1) is 0 Å². The van der Waals surface area contributed by atoms with Gasteiger partial charge in [-0.3, -0.25) is 9.63 Å². The third-order valence-electron chi connectivity index (χ3n) is 2.74. The Morgan fingerprint density at radius 3 is 2.79 bits per heavy atom. The molecule has 0 bridgehead atoms. The maximum atomic E-state index is 11.3. The van der Waals surface area contributed by atoms with Crippen molar-refractivity contribution >= 4 is 22.8 Å². The van der Waals surface area contributed by atoms with Crippen LogP contribution in [0.3, 0.4) is 0 Å². The quantitative estimate of drug-likeness (QED) is 0.676. The minimum Gasteiger partial charge on any atom is -0.497 e. The molecular weight excluding hydrogens is 242 g/mol. The Morgan fingerprint density at radius 2 is 2.05 bits per heavy atom. The standard InChI is InChI=1S/C15H15NO3/c1-18-13-8-6-11-4-3-5-12(14(11)10-13)7-9-15(17)16-19-2/h3-10H,1-2H3,(H,16,17)/b9-7+. The molecule has 2 aromatic carbocycles. The average molecular weight is 257 g/mol. The third-order valence-corrected chi connectivity index (χ3v) is 2.74. The van der Waals surface area contributed by atoms with Gasteiger partial charge < -0.3 is 4.74 Å². The normalized spacial score (nSPS) is 10.8. The van der Waals surface area contributed by atoms with Crippen LogP contribution in [0.4, 0.5) is 0 Å². The molecule has 2 rings (SSSR count). The molecule has 0 aliphatic carbocycles. The molecule has 0 saturated carbocycles. The van der Waals surface area contributed by atoms with Crippen LogP contribution in [0.15, 0.2) is 42.5 Å². The van der Waals surface area contributed by atoms with E-state index in [0.717, 1.165) is 22.1 Å². The molecule has 0 heterocycles. The van der Waals surface area contributed by atoms with Crippen LogP contribution < -0.4 is 10.2 Å². The Hall–Kier alpha value is -2.33. The van der Waals surface area contributed by atoms with Crippen LogP contribution in [0.2, 0.25) is 0 Å². The Bertz CT molecular complexity index is 620. The molecule has 0 unspecified atom stereocenters. The molecule has 0 fully saturated rings. The highest BCUT2D eigenvalue weighted by Crippen LogP contribution is 2.24. The van der Waals surface area contributed by atoms with Crippen LogP contribution in [-0.2, 0) is 9.63 Å². The van der Waals surface area contributed by atoms with Gasteiger partial charge in [-0.25, -0.2) is 5.48 Å². The van der Waals surface area contributed by atoms with Crippen LogP contribution in [0, 0.1) is 0 Å². The Morgan fingerprint density at radius 1 is 1.21 bits per heavy atom. The summed E-state index contributed by atoms with van der Waals surface area (Å²) in [6.45, 7) is 0. The predicted molar refractivity (Wildman–Crippen MR) is 74.7 cm³/mol. The SMILES string of the molecule is CONC(=O)/C=C/c1cccc2ccc(OC)cc12. The van der Waals surface area contributed by atoms with E-state index < -0.39 is 0 Å². The zero-order chi connectivity index (χ0) is 13.7. The second-order valence-corrected chi connectivity index (χ2v) is 3.94. The summed E-state index contributed by atoms with van der Waals surface area (Å²) >= 11 is 0. The van der Waals surface area contributed by atoms with Gasteiger partial charge in [-0.1, -0.05) is 24.3 Å². The number of hydrogen-bond acceptors (Lipinski definition) is 3. The number of nitrogens with one attached hydrogen (secondary N) is 1. The number of ether oxygens (including phenoxy) is 1. The van der Waals surface area contributed by atoms with Crippen molar-refractivity contribution in [3.05, 3.63) is 48.0 Å². The van der Waals surface area contributed by atoms with Crippen molar-refractivity contribution in [1.82, 2.24) is 5.48 Å². The van der Waals surface area contributed by atoms with E-state index in [1.54, 1.807) is 13.2 Å². The number of carbonyl (C=O) groups is 1. The van der Waals surface area contributed by atoms with Crippen molar-refractivity contribution in [3.8, 4) is 5.75 Å². The van der Waals surface area contributed by atoms with Gasteiger partial charge in [0, 0.05) is 6.08 Å². The maximum Gasteiger partial charge on any atom is 0.267 e. The van der Waals surface area contributed by atoms with Gasteiger partial charge in [-0.05, 0) is 34.5 Å². The van der Waals surface area contributed by atoms with E-state index in [-0.39, 0.29) is 5.91 Å². The average Bonchev–Trinajstić information content (AvgIpc) is 2.44. The second kappa shape index (κ2) is 6.02. The molecule has 0 atom stereocenters. The smallest absolute Gasteiger partial charge is 0.267 e. The third kappa shape index (κ3) is 3.11. The molecule has 2 aromatic rings. The van der Waals surface area contributed by atoms with Gasteiger partial charge in [0.05, 0.1) is 14.2 Å². The summed E-state index contributed by atoms with van der Waals surface area (Å²) < 4.78 is 5.22. The zero-order valence-corrected chi connectivity index (χ0v) is 10.8. The summed E-state index contributed by atoms with van der Waals surface area (Å²) in [6, 6.07) is 11.7. The zero-order valence-electron chi connectivity index (χ0n) is 10.8. The van der Waals surface area contributed by atoms with Crippen LogP contribution >= 0.6 is 0 Å². The Labute approximate surface area is 111 Å². The van der Waals surface area contributed by atoms with Crippen LogP contribution in [0.5, 0.6) is 5.75 Å². The first-order valence-electron chi connectivity index (χ1n) is 5.82. The lowest BCUT2D eigenvalue weighted by molar-refractivity contribution is -0.126. The summed E-state index contributed by atoms with van der Waals surface area (Å²) in [6.07, 6.45) is 3.17. The number of benzene rings is 2. The van der Waals surface area contributed by atoms with Gasteiger partial charge in [0.2, 0.25) is 0 Å². The number of hydroxylamine groups is 1. The largest absolute Gasteiger partial charge is 0.497 e. The van der Waals surface area contributed by atoms with E-state index in [9.17, 15) is 4.79 Å². The van der Waals surface area contributed by atoms with Crippen molar-refractivity contribution in [1.29, 1.82) is 0 Å². The number of rotatable bonds is 4. The number of methoxy groups -OCH3 is 1. The van der Waals surface area contributed by atoms with E-state index >= 15 is 0 Å². The number of carbonyl (C=O) groups excluding carboxylic acids is 1. The molecule has 1 N–H and O–H groups in total. The molecule has 0 radical (unpaired) electrons. The van der Waals surface area contributed by atoms with Crippen LogP contribution in [0.25, 0.3) is 16.8 Å². The summed E-state index contributed by atoms with van der Waals surface area (Å²) in [5, 5.41) is 2.12. The molecule has 0 spiro atoms. The van der Waals surface area contributed by atoms with Crippen molar-refractivity contribution in [3.63, 3.8) is 0 Å². The van der Waals surface area contributed by atoms with E-state index in [0.29, 0.717) is 0 Å². The molecule has 0 saturated heterocycles. The highest BCUT2D eigenvalue weighted by atomic mass is 16.6. The number of fused-ring (bicyclic) bond motifs is 1. The molecule has 19 heavy (non-hydrogen) atoms. The summed E-state index contributed by atoms with van der Waals surface area (Å²) in [7, 11) is 3.03. The molecule has 1 amide bonds. The van der Waals surface area contributed by atoms with Gasteiger partial charge in [-0.2, -0.15) is 0 Å². The predicted octanol–water partition coefficient (Wildman–Crippen LogP) is 2.54.